The maximum absolute atomic E-state index is 5.65. The molecule has 1 aromatic heterocycles. The van der Waals surface area contributed by atoms with Gasteiger partial charge < -0.3 is 10.5 Å². The van der Waals surface area contributed by atoms with Gasteiger partial charge in [0, 0.05) is 23.4 Å². The van der Waals surface area contributed by atoms with Crippen LogP contribution in [0.3, 0.4) is 0 Å². The highest BCUT2D eigenvalue weighted by atomic mass is 32.2. The molecule has 0 aliphatic rings. The number of ether oxygens (including phenoxy) is 1. The third-order valence-electron chi connectivity index (χ3n) is 2.33. The fraction of sp³-hybridized carbons (Fsp3) is 0.308. The lowest BCUT2D eigenvalue weighted by atomic mass is 10.2. The van der Waals surface area contributed by atoms with Crippen molar-refractivity contribution in [3.8, 4) is 5.75 Å². The number of nitrogens with zero attached hydrogens (tertiary/aromatic N) is 1. The molecule has 0 saturated heterocycles. The highest BCUT2D eigenvalue weighted by molar-refractivity contribution is 8.01. The Kier molecular flexibility index (Phi) is 5.04. The number of hydrogen-bond donors (Lipinski definition) is 1. The van der Waals surface area contributed by atoms with Crippen molar-refractivity contribution in [3.05, 3.63) is 40.9 Å². The third-order valence-corrected chi connectivity index (χ3v) is 4.44. The summed E-state index contributed by atoms with van der Waals surface area (Å²) in [5.74, 6) is 1.80. The molecule has 1 aromatic carbocycles. The van der Waals surface area contributed by atoms with Crippen molar-refractivity contribution in [2.24, 2.45) is 5.73 Å². The highest BCUT2D eigenvalue weighted by Gasteiger charge is 2.00. The first-order valence-electron chi connectivity index (χ1n) is 5.74. The van der Waals surface area contributed by atoms with E-state index in [4.69, 9.17) is 10.5 Å². The molecule has 0 bridgehead atoms. The lowest BCUT2D eigenvalue weighted by molar-refractivity contribution is 0.344. The summed E-state index contributed by atoms with van der Waals surface area (Å²) in [7, 11) is 0. The number of hydrogen-bond acceptors (Lipinski definition) is 5. The standard InChI is InChI=1S/C13H16N2OS2/c1-10-9-18-13(15-10)17-7-6-16-12-4-2-11(8-14)3-5-12/h2-5,9H,6-8,14H2,1H3. The fourth-order valence-electron chi connectivity index (χ4n) is 1.41. The van der Waals surface area contributed by atoms with E-state index in [1.54, 1.807) is 23.1 Å². The van der Waals surface area contributed by atoms with Crippen molar-refractivity contribution in [3.63, 3.8) is 0 Å². The van der Waals surface area contributed by atoms with E-state index in [9.17, 15) is 0 Å². The first-order chi connectivity index (χ1) is 8.78. The van der Waals surface area contributed by atoms with E-state index in [0.29, 0.717) is 13.2 Å². The zero-order chi connectivity index (χ0) is 12.8. The van der Waals surface area contributed by atoms with Crippen molar-refractivity contribution in [1.82, 2.24) is 4.98 Å². The monoisotopic (exact) mass is 280 g/mol. The lowest BCUT2D eigenvalue weighted by Gasteiger charge is -2.05. The Morgan fingerprint density at radius 3 is 2.72 bits per heavy atom. The van der Waals surface area contributed by atoms with Gasteiger partial charge in [0.05, 0.1) is 6.61 Å². The van der Waals surface area contributed by atoms with Crippen molar-refractivity contribution >= 4 is 23.1 Å². The van der Waals surface area contributed by atoms with E-state index in [1.807, 2.05) is 31.2 Å². The summed E-state index contributed by atoms with van der Waals surface area (Å²) in [6.07, 6.45) is 0. The maximum atomic E-state index is 5.65. The molecule has 2 N–H and O–H groups in total. The fourth-order valence-corrected chi connectivity index (χ4v) is 3.15. The Morgan fingerprint density at radius 2 is 2.11 bits per heavy atom. The molecule has 0 spiro atoms. The van der Waals surface area contributed by atoms with Crippen LogP contribution in [0, 0.1) is 6.92 Å². The van der Waals surface area contributed by atoms with E-state index >= 15 is 0 Å². The van der Waals surface area contributed by atoms with E-state index in [-0.39, 0.29) is 0 Å². The van der Waals surface area contributed by atoms with Gasteiger partial charge in [-0.25, -0.2) is 4.98 Å². The second kappa shape index (κ2) is 6.78. The number of benzene rings is 1. The average molecular weight is 280 g/mol. The molecular weight excluding hydrogens is 264 g/mol. The molecule has 1 heterocycles. The quantitative estimate of drug-likeness (QED) is 0.652. The molecule has 18 heavy (non-hydrogen) atoms. The second-order valence-electron chi connectivity index (χ2n) is 3.80. The minimum Gasteiger partial charge on any atom is -0.493 e. The molecule has 2 aromatic rings. The zero-order valence-corrected chi connectivity index (χ0v) is 11.9. The molecule has 0 atom stereocenters. The Labute approximate surface area is 115 Å². The van der Waals surface area contributed by atoms with Crippen LogP contribution in [0.1, 0.15) is 11.3 Å². The van der Waals surface area contributed by atoms with Gasteiger partial charge in [-0.3, -0.25) is 0 Å². The minimum atomic E-state index is 0.569. The number of aryl methyl sites for hydroxylation is 1. The molecule has 0 saturated carbocycles. The molecule has 0 aliphatic heterocycles. The van der Waals surface area contributed by atoms with Gasteiger partial charge in [0.2, 0.25) is 0 Å². The number of nitrogens with two attached hydrogens (primary N) is 1. The topological polar surface area (TPSA) is 48.1 Å². The Morgan fingerprint density at radius 1 is 1.33 bits per heavy atom. The van der Waals surface area contributed by atoms with Crippen LogP contribution in [0.2, 0.25) is 0 Å². The number of thiazole rings is 1. The third kappa shape index (κ3) is 4.01. The van der Waals surface area contributed by atoms with Crippen LogP contribution < -0.4 is 10.5 Å². The van der Waals surface area contributed by atoms with Crippen LogP contribution in [-0.2, 0) is 6.54 Å². The molecule has 2 rings (SSSR count). The average Bonchev–Trinajstić information content (AvgIpc) is 2.81. The maximum Gasteiger partial charge on any atom is 0.150 e. The van der Waals surface area contributed by atoms with Crippen LogP contribution in [0.5, 0.6) is 5.75 Å². The Bertz CT molecular complexity index is 482. The van der Waals surface area contributed by atoms with Gasteiger partial charge in [0.25, 0.3) is 0 Å². The number of aromatic nitrogens is 1. The SMILES string of the molecule is Cc1csc(SCCOc2ccc(CN)cc2)n1. The summed E-state index contributed by atoms with van der Waals surface area (Å²) in [5, 5.41) is 2.06. The van der Waals surface area contributed by atoms with Crippen molar-refractivity contribution in [2.75, 3.05) is 12.4 Å². The highest BCUT2D eigenvalue weighted by Crippen LogP contribution is 2.22. The van der Waals surface area contributed by atoms with Gasteiger partial charge in [0.1, 0.15) is 10.1 Å². The summed E-state index contributed by atoms with van der Waals surface area (Å²) < 4.78 is 6.76. The van der Waals surface area contributed by atoms with Gasteiger partial charge in [0.15, 0.2) is 0 Å². The summed E-state index contributed by atoms with van der Waals surface area (Å²) >= 11 is 3.41. The van der Waals surface area contributed by atoms with Crippen molar-refractivity contribution in [2.45, 2.75) is 17.8 Å². The van der Waals surface area contributed by atoms with Crippen molar-refractivity contribution in [1.29, 1.82) is 0 Å². The second-order valence-corrected chi connectivity index (χ2v) is 6.00. The normalized spacial score (nSPS) is 10.6. The summed E-state index contributed by atoms with van der Waals surface area (Å²) in [6.45, 7) is 3.26. The number of thioether (sulfide) groups is 1. The first kappa shape index (κ1) is 13.4. The molecular formula is C13H16N2OS2. The van der Waals surface area contributed by atoms with Crippen LogP contribution in [-0.4, -0.2) is 17.3 Å². The van der Waals surface area contributed by atoms with Gasteiger partial charge in [-0.15, -0.1) is 11.3 Å². The summed E-state index contributed by atoms with van der Waals surface area (Å²) in [4.78, 5) is 4.39. The largest absolute Gasteiger partial charge is 0.493 e. The lowest BCUT2D eigenvalue weighted by Crippen LogP contribution is -2.01. The van der Waals surface area contributed by atoms with E-state index in [2.05, 4.69) is 10.4 Å². The van der Waals surface area contributed by atoms with Gasteiger partial charge in [-0.1, -0.05) is 23.9 Å². The van der Waals surface area contributed by atoms with E-state index in [0.717, 1.165) is 27.1 Å². The smallest absolute Gasteiger partial charge is 0.150 e. The summed E-state index contributed by atoms with van der Waals surface area (Å²) in [6, 6.07) is 7.90. The van der Waals surface area contributed by atoms with Gasteiger partial charge >= 0.3 is 0 Å². The molecule has 0 unspecified atom stereocenters. The summed E-state index contributed by atoms with van der Waals surface area (Å²) in [5.41, 5.74) is 7.74. The van der Waals surface area contributed by atoms with E-state index in [1.165, 1.54) is 0 Å². The van der Waals surface area contributed by atoms with Crippen molar-refractivity contribution < 1.29 is 4.74 Å². The number of rotatable bonds is 6. The predicted molar refractivity (Wildman–Crippen MR) is 77.4 cm³/mol. The Balaban J connectivity index is 1.71. The molecule has 3 nitrogen and oxygen atoms in total. The van der Waals surface area contributed by atoms with Crippen LogP contribution in [0.25, 0.3) is 0 Å². The van der Waals surface area contributed by atoms with Crippen LogP contribution in [0.15, 0.2) is 34.0 Å². The molecule has 0 radical (unpaired) electrons. The van der Waals surface area contributed by atoms with Gasteiger partial charge in [-0.05, 0) is 24.6 Å². The minimum absolute atomic E-state index is 0.569. The molecule has 96 valence electrons. The van der Waals surface area contributed by atoms with E-state index < -0.39 is 0 Å². The Hall–Kier alpha value is -1.04. The predicted octanol–water partition coefficient (Wildman–Crippen LogP) is 3.08. The molecule has 0 amide bonds. The molecule has 0 aliphatic carbocycles. The zero-order valence-electron chi connectivity index (χ0n) is 10.3. The van der Waals surface area contributed by atoms with Crippen LogP contribution in [0.4, 0.5) is 0 Å². The van der Waals surface area contributed by atoms with Gasteiger partial charge in [-0.2, -0.15) is 0 Å². The molecule has 0 fully saturated rings. The first-order valence-corrected chi connectivity index (χ1v) is 7.61. The van der Waals surface area contributed by atoms with Crippen LogP contribution >= 0.6 is 23.1 Å². The molecule has 5 heteroatoms.